The predicted molar refractivity (Wildman–Crippen MR) is 142 cm³/mol. The molecule has 1 aliphatic rings. The number of rotatable bonds is 9. The van der Waals surface area contributed by atoms with Crippen molar-refractivity contribution in [3.05, 3.63) is 83.9 Å². The maximum Gasteiger partial charge on any atom is 0.317 e. The molecule has 1 fully saturated rings. The second-order valence-corrected chi connectivity index (χ2v) is 9.10. The molecule has 7 heteroatoms. The summed E-state index contributed by atoms with van der Waals surface area (Å²) in [6.07, 6.45) is 0.902. The van der Waals surface area contributed by atoms with Crippen molar-refractivity contribution in [1.29, 1.82) is 0 Å². The molecule has 2 unspecified atom stereocenters. The van der Waals surface area contributed by atoms with E-state index < -0.39 is 5.97 Å². The third-order valence-electron chi connectivity index (χ3n) is 6.86. The highest BCUT2D eigenvalue weighted by molar-refractivity contribution is 5.86. The molecule has 3 atom stereocenters. The fourth-order valence-electron chi connectivity index (χ4n) is 5.00. The lowest BCUT2D eigenvalue weighted by atomic mass is 9.80. The van der Waals surface area contributed by atoms with Crippen LogP contribution in [0.4, 0.5) is 0 Å². The summed E-state index contributed by atoms with van der Waals surface area (Å²) in [7, 11) is 0. The van der Waals surface area contributed by atoms with Crippen LogP contribution in [0.25, 0.3) is 10.8 Å². The summed E-state index contributed by atoms with van der Waals surface area (Å²) in [5, 5.41) is 17.8. The number of piperidine rings is 1. The van der Waals surface area contributed by atoms with Crippen LogP contribution in [0, 0.1) is 5.92 Å². The van der Waals surface area contributed by atoms with E-state index in [0.29, 0.717) is 19.0 Å². The molecule has 6 nitrogen and oxygen atoms in total. The zero-order chi connectivity index (χ0) is 23.9. The molecule has 3 N–H and O–H groups in total. The Bertz CT molecular complexity index is 1120. The van der Waals surface area contributed by atoms with Gasteiger partial charge in [-0.25, -0.2) is 0 Å². The molecule has 0 aromatic heterocycles. The second-order valence-electron chi connectivity index (χ2n) is 9.10. The van der Waals surface area contributed by atoms with Crippen LogP contribution in [0.2, 0.25) is 0 Å². The highest BCUT2D eigenvalue weighted by Gasteiger charge is 2.32. The maximum atomic E-state index is 12.7. The van der Waals surface area contributed by atoms with Crippen LogP contribution in [0.1, 0.15) is 36.4 Å². The van der Waals surface area contributed by atoms with Crippen LogP contribution in [0.3, 0.4) is 0 Å². The highest BCUT2D eigenvalue weighted by atomic mass is 35.5. The van der Waals surface area contributed by atoms with E-state index in [-0.39, 0.29) is 43.4 Å². The predicted octanol–water partition coefficient (Wildman–Crippen LogP) is 4.22. The normalized spacial score (nSPS) is 18.6. The summed E-state index contributed by atoms with van der Waals surface area (Å²) < 4.78 is 0. The third kappa shape index (κ3) is 6.82. The SMILES string of the molecule is C[C@@H](NCC1CCN(C(=O)CNCC(=O)O)CC1c1ccccc1)c1cccc2ccccc12.Cl. The van der Waals surface area contributed by atoms with Gasteiger partial charge in [-0.3, -0.25) is 14.9 Å². The summed E-state index contributed by atoms with van der Waals surface area (Å²) in [5.74, 6) is -0.376. The minimum atomic E-state index is -0.958. The van der Waals surface area contributed by atoms with Crippen LogP contribution in [-0.2, 0) is 9.59 Å². The van der Waals surface area contributed by atoms with Crippen molar-refractivity contribution in [3.8, 4) is 0 Å². The number of fused-ring (bicyclic) bond motifs is 1. The van der Waals surface area contributed by atoms with Gasteiger partial charge in [-0.1, -0.05) is 72.8 Å². The van der Waals surface area contributed by atoms with E-state index in [1.54, 1.807) is 0 Å². The summed E-state index contributed by atoms with van der Waals surface area (Å²) >= 11 is 0. The molecule has 1 amide bonds. The maximum absolute atomic E-state index is 12.7. The first-order valence-corrected chi connectivity index (χ1v) is 12.0. The quantitative estimate of drug-likeness (QED) is 0.414. The van der Waals surface area contributed by atoms with Gasteiger partial charge in [0.05, 0.1) is 13.1 Å². The van der Waals surface area contributed by atoms with Gasteiger partial charge in [0.15, 0.2) is 0 Å². The molecule has 0 bridgehead atoms. The Morgan fingerprint density at radius 1 is 1.00 bits per heavy atom. The summed E-state index contributed by atoms with van der Waals surface area (Å²) in [6.45, 7) is 4.25. The van der Waals surface area contributed by atoms with Crippen LogP contribution in [-0.4, -0.2) is 54.6 Å². The molecule has 0 saturated carbocycles. The molecule has 1 aliphatic heterocycles. The number of halogens is 1. The van der Waals surface area contributed by atoms with Gasteiger partial charge in [-0.05, 0) is 47.7 Å². The molecule has 186 valence electrons. The van der Waals surface area contributed by atoms with Crippen molar-refractivity contribution in [2.75, 3.05) is 32.7 Å². The van der Waals surface area contributed by atoms with Crippen LogP contribution in [0.15, 0.2) is 72.8 Å². The number of carboxylic acid groups (broad SMARTS) is 1. The number of benzene rings is 3. The molecule has 1 saturated heterocycles. The van der Waals surface area contributed by atoms with E-state index in [9.17, 15) is 9.59 Å². The summed E-state index contributed by atoms with van der Waals surface area (Å²) in [5.41, 5.74) is 2.54. The topological polar surface area (TPSA) is 81.7 Å². The van der Waals surface area contributed by atoms with Gasteiger partial charge in [0.1, 0.15) is 0 Å². The Balaban J connectivity index is 0.00000342. The van der Waals surface area contributed by atoms with Crippen molar-refractivity contribution in [1.82, 2.24) is 15.5 Å². The number of hydrogen-bond donors (Lipinski definition) is 3. The lowest BCUT2D eigenvalue weighted by molar-refractivity contribution is -0.136. The van der Waals surface area contributed by atoms with Crippen molar-refractivity contribution in [2.45, 2.75) is 25.3 Å². The second kappa shape index (κ2) is 12.7. The monoisotopic (exact) mass is 495 g/mol. The number of nitrogens with zero attached hydrogens (tertiary/aromatic N) is 1. The third-order valence-corrected chi connectivity index (χ3v) is 6.86. The van der Waals surface area contributed by atoms with E-state index in [0.717, 1.165) is 13.0 Å². The molecule has 1 heterocycles. The molecule has 0 aliphatic carbocycles. The zero-order valence-corrected chi connectivity index (χ0v) is 20.8. The van der Waals surface area contributed by atoms with Gasteiger partial charge in [0.25, 0.3) is 0 Å². The lowest BCUT2D eigenvalue weighted by Gasteiger charge is -2.39. The lowest BCUT2D eigenvalue weighted by Crippen LogP contribution is -2.48. The number of carbonyl (C=O) groups is 2. The smallest absolute Gasteiger partial charge is 0.317 e. The largest absolute Gasteiger partial charge is 0.480 e. The fraction of sp³-hybridized carbons (Fsp3) is 0.357. The molecule has 3 aromatic carbocycles. The van der Waals surface area contributed by atoms with E-state index in [4.69, 9.17) is 5.11 Å². The average molecular weight is 496 g/mol. The van der Waals surface area contributed by atoms with Crippen molar-refractivity contribution >= 4 is 35.1 Å². The molecule has 35 heavy (non-hydrogen) atoms. The zero-order valence-electron chi connectivity index (χ0n) is 20.0. The molecule has 4 rings (SSSR count). The highest BCUT2D eigenvalue weighted by Crippen LogP contribution is 2.33. The van der Waals surface area contributed by atoms with Gasteiger partial charge in [0.2, 0.25) is 5.91 Å². The van der Waals surface area contributed by atoms with Crippen molar-refractivity contribution in [3.63, 3.8) is 0 Å². The van der Waals surface area contributed by atoms with Gasteiger partial charge in [-0.15, -0.1) is 12.4 Å². The minimum absolute atomic E-state index is 0. The van der Waals surface area contributed by atoms with Crippen LogP contribution >= 0.6 is 12.4 Å². The Hall–Kier alpha value is -2.93. The van der Waals surface area contributed by atoms with Crippen molar-refractivity contribution in [2.24, 2.45) is 5.92 Å². The standard InChI is InChI=1S/C28H33N3O3.ClH/c1-20(24-13-7-11-21-10-5-6-12-25(21)24)30-16-23-14-15-31(27(32)17-29-18-28(33)34)19-26(23)22-8-3-2-4-9-22;/h2-13,20,23,26,29-30H,14-19H2,1H3,(H,33,34);1H/t20-,23?,26?;/m1./s1. The Morgan fingerprint density at radius 3 is 2.49 bits per heavy atom. The summed E-state index contributed by atoms with van der Waals surface area (Å²) in [6, 6.07) is 25.5. The molecular formula is C28H34ClN3O3. The minimum Gasteiger partial charge on any atom is -0.480 e. The Labute approximate surface area is 213 Å². The van der Waals surface area contributed by atoms with E-state index in [1.165, 1.54) is 21.9 Å². The van der Waals surface area contributed by atoms with E-state index >= 15 is 0 Å². The molecule has 3 aromatic rings. The number of carbonyl (C=O) groups excluding carboxylic acids is 1. The van der Waals surface area contributed by atoms with E-state index in [1.807, 2.05) is 23.1 Å². The molecule has 0 spiro atoms. The Kier molecular flexibility index (Phi) is 9.66. The van der Waals surface area contributed by atoms with Gasteiger partial charge < -0.3 is 15.3 Å². The number of amides is 1. The first-order valence-electron chi connectivity index (χ1n) is 12.0. The van der Waals surface area contributed by atoms with Crippen molar-refractivity contribution < 1.29 is 14.7 Å². The number of hydrogen-bond acceptors (Lipinski definition) is 4. The first kappa shape index (κ1) is 26.7. The number of nitrogens with one attached hydrogen (secondary N) is 2. The number of likely N-dealkylation sites (tertiary alicyclic amines) is 1. The number of carboxylic acids is 1. The first-order chi connectivity index (χ1) is 16.5. The molecule has 0 radical (unpaired) electrons. The van der Waals surface area contributed by atoms with Gasteiger partial charge >= 0.3 is 5.97 Å². The number of aliphatic carboxylic acids is 1. The molecular weight excluding hydrogens is 462 g/mol. The van der Waals surface area contributed by atoms with E-state index in [2.05, 4.69) is 72.2 Å². The van der Waals surface area contributed by atoms with Crippen LogP contribution < -0.4 is 10.6 Å². The van der Waals surface area contributed by atoms with Gasteiger partial charge in [-0.2, -0.15) is 0 Å². The fourth-order valence-corrected chi connectivity index (χ4v) is 5.00. The van der Waals surface area contributed by atoms with Gasteiger partial charge in [0, 0.05) is 25.0 Å². The van der Waals surface area contributed by atoms with Crippen LogP contribution in [0.5, 0.6) is 0 Å². The average Bonchev–Trinajstić information content (AvgIpc) is 2.87. The Morgan fingerprint density at radius 2 is 1.71 bits per heavy atom. The summed E-state index contributed by atoms with van der Waals surface area (Å²) in [4.78, 5) is 25.3.